The van der Waals surface area contributed by atoms with E-state index in [1.165, 1.54) is 12.1 Å². The Kier molecular flexibility index (Phi) is 6.40. The summed E-state index contributed by atoms with van der Waals surface area (Å²) >= 11 is 0. The summed E-state index contributed by atoms with van der Waals surface area (Å²) in [7, 11) is -3.54. The van der Waals surface area contributed by atoms with Crippen LogP contribution in [0.5, 0.6) is 0 Å². The molecule has 0 saturated carbocycles. The van der Waals surface area contributed by atoms with Gasteiger partial charge in [0.1, 0.15) is 5.69 Å². The third-order valence-corrected chi connectivity index (χ3v) is 5.33. The molecule has 2 rings (SSSR count). The number of nitrogens with one attached hydrogen (secondary N) is 2. The number of hydrogen-bond donors (Lipinski definition) is 2. The molecule has 0 aromatic heterocycles. The molecule has 0 atom stereocenters. The lowest BCUT2D eigenvalue weighted by atomic mass is 9.99. The van der Waals surface area contributed by atoms with Gasteiger partial charge in [-0.15, -0.1) is 0 Å². The number of sulfone groups is 1. The quantitative estimate of drug-likeness (QED) is 0.415. The number of amides is 1. The molecule has 150 valence electrons. The fourth-order valence-corrected chi connectivity index (χ4v) is 3.68. The van der Waals surface area contributed by atoms with E-state index >= 15 is 0 Å². The van der Waals surface area contributed by atoms with Gasteiger partial charge in [-0.25, -0.2) is 8.42 Å². The van der Waals surface area contributed by atoms with E-state index in [0.29, 0.717) is 5.56 Å². The lowest BCUT2D eigenvalue weighted by Crippen LogP contribution is -2.30. The molecule has 0 radical (unpaired) electrons. The number of hydrogen-bond acceptors (Lipinski definition) is 6. The largest absolute Gasteiger partial charge is 0.378 e. The first kappa shape index (κ1) is 21.4. The van der Waals surface area contributed by atoms with Crippen molar-refractivity contribution in [2.45, 2.75) is 25.7 Å². The van der Waals surface area contributed by atoms with Crippen molar-refractivity contribution in [1.82, 2.24) is 5.32 Å². The van der Waals surface area contributed by atoms with Crippen LogP contribution in [-0.4, -0.2) is 38.6 Å². The SMILES string of the molecule is Cc1cc(C)c(C(=O)NCCNc2ccc(S(C)(=O)=O)cc2[N+](=O)[O-])c(C)c1. The van der Waals surface area contributed by atoms with E-state index in [1.54, 1.807) is 0 Å². The molecule has 2 N–H and O–H groups in total. The highest BCUT2D eigenvalue weighted by Gasteiger charge is 2.18. The van der Waals surface area contributed by atoms with Gasteiger partial charge in [0.2, 0.25) is 0 Å². The van der Waals surface area contributed by atoms with Crippen molar-refractivity contribution in [3.8, 4) is 0 Å². The van der Waals surface area contributed by atoms with E-state index in [2.05, 4.69) is 10.6 Å². The Balaban J connectivity index is 2.04. The van der Waals surface area contributed by atoms with Gasteiger partial charge < -0.3 is 10.6 Å². The van der Waals surface area contributed by atoms with Gasteiger partial charge in [0.15, 0.2) is 9.84 Å². The Morgan fingerprint density at radius 3 is 2.21 bits per heavy atom. The number of anilines is 1. The summed E-state index contributed by atoms with van der Waals surface area (Å²) < 4.78 is 23.1. The van der Waals surface area contributed by atoms with Gasteiger partial charge in [0, 0.05) is 31.0 Å². The third-order valence-electron chi connectivity index (χ3n) is 4.22. The van der Waals surface area contributed by atoms with E-state index in [-0.39, 0.29) is 35.3 Å². The van der Waals surface area contributed by atoms with E-state index in [4.69, 9.17) is 0 Å². The lowest BCUT2D eigenvalue weighted by molar-refractivity contribution is -0.384. The van der Waals surface area contributed by atoms with Crippen molar-refractivity contribution in [2.75, 3.05) is 24.7 Å². The van der Waals surface area contributed by atoms with Crippen LogP contribution >= 0.6 is 0 Å². The van der Waals surface area contributed by atoms with E-state index in [9.17, 15) is 23.3 Å². The normalized spacial score (nSPS) is 11.1. The molecule has 1 amide bonds. The van der Waals surface area contributed by atoms with Crippen molar-refractivity contribution >= 4 is 27.1 Å². The number of nitro groups is 1. The fourth-order valence-electron chi connectivity index (χ4n) is 3.04. The van der Waals surface area contributed by atoms with Gasteiger partial charge in [-0.3, -0.25) is 14.9 Å². The minimum absolute atomic E-state index is 0.122. The van der Waals surface area contributed by atoms with Crippen LogP contribution < -0.4 is 10.6 Å². The molecule has 2 aromatic rings. The molecule has 0 aliphatic heterocycles. The second kappa shape index (κ2) is 8.39. The van der Waals surface area contributed by atoms with Crippen molar-refractivity contribution in [1.29, 1.82) is 0 Å². The van der Waals surface area contributed by atoms with Gasteiger partial charge in [0.25, 0.3) is 11.6 Å². The zero-order valence-electron chi connectivity index (χ0n) is 16.2. The first-order valence-electron chi connectivity index (χ1n) is 8.59. The Morgan fingerprint density at radius 2 is 1.68 bits per heavy atom. The molecule has 0 aliphatic carbocycles. The minimum Gasteiger partial charge on any atom is -0.378 e. The maximum Gasteiger partial charge on any atom is 0.293 e. The van der Waals surface area contributed by atoms with E-state index in [0.717, 1.165) is 29.0 Å². The number of rotatable bonds is 7. The zero-order valence-corrected chi connectivity index (χ0v) is 17.0. The molecule has 2 aromatic carbocycles. The molecular formula is C19H23N3O5S. The Labute approximate surface area is 164 Å². The van der Waals surface area contributed by atoms with Gasteiger partial charge >= 0.3 is 0 Å². The van der Waals surface area contributed by atoms with E-state index in [1.807, 2.05) is 32.9 Å². The predicted molar refractivity (Wildman–Crippen MR) is 108 cm³/mol. The topological polar surface area (TPSA) is 118 Å². The molecule has 0 heterocycles. The standard InChI is InChI=1S/C19H23N3O5S/c1-12-9-13(2)18(14(3)10-12)19(23)21-8-7-20-16-6-5-15(28(4,26)27)11-17(16)22(24)25/h5-6,9-11,20H,7-8H2,1-4H3,(H,21,23). The van der Waals surface area contributed by atoms with Gasteiger partial charge in [-0.05, 0) is 44.0 Å². The summed E-state index contributed by atoms with van der Waals surface area (Å²) in [5.41, 5.74) is 3.32. The smallest absolute Gasteiger partial charge is 0.293 e. The van der Waals surface area contributed by atoms with Crippen LogP contribution in [0, 0.1) is 30.9 Å². The highest BCUT2D eigenvalue weighted by Crippen LogP contribution is 2.27. The molecule has 0 bridgehead atoms. The molecule has 28 heavy (non-hydrogen) atoms. The van der Waals surface area contributed by atoms with Gasteiger partial charge in [-0.1, -0.05) is 17.7 Å². The number of aryl methyl sites for hydroxylation is 3. The van der Waals surface area contributed by atoms with Crippen LogP contribution in [0.25, 0.3) is 0 Å². The number of carbonyl (C=O) groups excluding carboxylic acids is 1. The summed E-state index contributed by atoms with van der Waals surface area (Å²) in [5.74, 6) is -0.210. The van der Waals surface area contributed by atoms with Crippen LogP contribution in [0.2, 0.25) is 0 Å². The number of nitro benzene ring substituents is 1. The van der Waals surface area contributed by atoms with Crippen LogP contribution in [0.3, 0.4) is 0 Å². The van der Waals surface area contributed by atoms with Crippen molar-refractivity contribution in [3.63, 3.8) is 0 Å². The molecule has 0 aliphatic rings. The summed E-state index contributed by atoms with van der Waals surface area (Å²) in [6, 6.07) is 7.56. The highest BCUT2D eigenvalue weighted by molar-refractivity contribution is 7.90. The molecular weight excluding hydrogens is 382 g/mol. The second-order valence-corrected chi connectivity index (χ2v) is 8.68. The average Bonchev–Trinajstić information content (AvgIpc) is 2.56. The maximum absolute atomic E-state index is 12.4. The number of carbonyl (C=O) groups is 1. The van der Waals surface area contributed by atoms with Crippen LogP contribution in [0.1, 0.15) is 27.0 Å². The van der Waals surface area contributed by atoms with Crippen molar-refractivity contribution in [2.24, 2.45) is 0 Å². The summed E-state index contributed by atoms with van der Waals surface area (Å²) in [4.78, 5) is 22.9. The number of nitrogens with zero attached hydrogens (tertiary/aromatic N) is 1. The Morgan fingerprint density at radius 1 is 1.07 bits per heavy atom. The van der Waals surface area contributed by atoms with Crippen LogP contribution in [0.4, 0.5) is 11.4 Å². The van der Waals surface area contributed by atoms with E-state index < -0.39 is 14.8 Å². The van der Waals surface area contributed by atoms with Crippen molar-refractivity contribution in [3.05, 3.63) is 62.7 Å². The average molecular weight is 405 g/mol. The summed E-state index contributed by atoms with van der Waals surface area (Å²) in [6.07, 6.45) is 0.990. The first-order chi connectivity index (χ1) is 13.0. The third kappa shape index (κ3) is 5.07. The maximum atomic E-state index is 12.4. The highest BCUT2D eigenvalue weighted by atomic mass is 32.2. The summed E-state index contributed by atoms with van der Waals surface area (Å²) in [6.45, 7) is 6.21. The van der Waals surface area contributed by atoms with Gasteiger partial charge in [0.05, 0.1) is 9.82 Å². The summed E-state index contributed by atoms with van der Waals surface area (Å²) in [5, 5.41) is 16.9. The Hall–Kier alpha value is -2.94. The molecule has 8 nitrogen and oxygen atoms in total. The fraction of sp³-hybridized carbons (Fsp3) is 0.316. The number of benzene rings is 2. The first-order valence-corrected chi connectivity index (χ1v) is 10.5. The van der Waals surface area contributed by atoms with Crippen LogP contribution in [-0.2, 0) is 9.84 Å². The zero-order chi connectivity index (χ0) is 21.1. The molecule has 0 unspecified atom stereocenters. The lowest BCUT2D eigenvalue weighted by Gasteiger charge is -2.13. The monoisotopic (exact) mass is 405 g/mol. The predicted octanol–water partition coefficient (Wildman–Crippen LogP) is 2.77. The van der Waals surface area contributed by atoms with Crippen LogP contribution in [0.15, 0.2) is 35.2 Å². The van der Waals surface area contributed by atoms with Crippen molar-refractivity contribution < 1.29 is 18.1 Å². The molecule has 0 spiro atoms. The molecule has 9 heteroatoms. The van der Waals surface area contributed by atoms with Gasteiger partial charge in [-0.2, -0.15) is 0 Å². The minimum atomic E-state index is -3.54. The Bertz CT molecular complexity index is 1010. The molecule has 0 fully saturated rings. The second-order valence-electron chi connectivity index (χ2n) is 6.66. The molecule has 0 saturated heterocycles.